The summed E-state index contributed by atoms with van der Waals surface area (Å²) in [5.41, 5.74) is 0.605. The molecule has 1 heterocycles. The summed E-state index contributed by atoms with van der Waals surface area (Å²) in [6, 6.07) is 13.2. The highest BCUT2D eigenvalue weighted by Crippen LogP contribution is 2.29. The van der Waals surface area contributed by atoms with E-state index in [0.717, 1.165) is 0 Å². The van der Waals surface area contributed by atoms with Gasteiger partial charge in [-0.25, -0.2) is 16.8 Å². The van der Waals surface area contributed by atoms with Crippen molar-refractivity contribution in [3.8, 4) is 5.75 Å². The van der Waals surface area contributed by atoms with E-state index in [0.29, 0.717) is 11.3 Å². The fourth-order valence-corrected chi connectivity index (χ4v) is 6.79. The Morgan fingerprint density at radius 3 is 2.15 bits per heavy atom. The van der Waals surface area contributed by atoms with Crippen LogP contribution in [0.25, 0.3) is 0 Å². The van der Waals surface area contributed by atoms with Crippen molar-refractivity contribution in [2.45, 2.75) is 34.8 Å². The minimum atomic E-state index is -3.67. The van der Waals surface area contributed by atoms with Crippen LogP contribution in [-0.2, 0) is 19.9 Å². The summed E-state index contributed by atoms with van der Waals surface area (Å²) < 4.78 is 58.0. The fraction of sp³-hybridized carbons (Fsp3) is 0.368. The Labute approximate surface area is 160 Å². The number of rotatable bonds is 5. The number of hydrogen-bond donors (Lipinski definition) is 0. The van der Waals surface area contributed by atoms with Gasteiger partial charge in [0.05, 0.1) is 22.2 Å². The van der Waals surface area contributed by atoms with E-state index in [4.69, 9.17) is 4.74 Å². The highest BCUT2D eigenvalue weighted by molar-refractivity contribution is 7.92. The molecule has 3 rings (SSSR count). The zero-order valence-corrected chi connectivity index (χ0v) is 17.0. The highest BCUT2D eigenvalue weighted by atomic mass is 32.2. The maximum Gasteiger partial charge on any atom is 0.243 e. The molecule has 0 unspecified atom stereocenters. The van der Waals surface area contributed by atoms with Gasteiger partial charge < -0.3 is 4.74 Å². The van der Waals surface area contributed by atoms with Crippen LogP contribution in [0.5, 0.6) is 5.75 Å². The second-order valence-corrected chi connectivity index (χ2v) is 10.7. The number of aryl methyl sites for hydroxylation is 1. The molecule has 1 aliphatic heterocycles. The SMILES string of the molecule is COc1ccc(S(=O)(=O)N2CCC(S(=O)(=O)c3ccccc3)CC2)c(C)c1. The second kappa shape index (κ2) is 7.61. The van der Waals surface area contributed by atoms with E-state index in [1.54, 1.807) is 49.4 Å². The van der Waals surface area contributed by atoms with Crippen molar-refractivity contribution in [2.75, 3.05) is 20.2 Å². The van der Waals surface area contributed by atoms with Gasteiger partial charge in [-0.2, -0.15) is 4.31 Å². The van der Waals surface area contributed by atoms with E-state index >= 15 is 0 Å². The van der Waals surface area contributed by atoms with Crippen LogP contribution in [0.2, 0.25) is 0 Å². The van der Waals surface area contributed by atoms with Crippen molar-refractivity contribution < 1.29 is 21.6 Å². The second-order valence-electron chi connectivity index (χ2n) is 6.59. The molecule has 0 N–H and O–H groups in total. The summed E-state index contributed by atoms with van der Waals surface area (Å²) in [6.45, 7) is 2.09. The molecule has 0 bridgehead atoms. The summed E-state index contributed by atoms with van der Waals surface area (Å²) in [6.07, 6.45) is 0.567. The van der Waals surface area contributed by atoms with Gasteiger partial charge in [-0.1, -0.05) is 18.2 Å². The van der Waals surface area contributed by atoms with Crippen molar-refractivity contribution in [2.24, 2.45) is 0 Å². The first kappa shape index (κ1) is 19.9. The van der Waals surface area contributed by atoms with E-state index in [1.807, 2.05) is 0 Å². The van der Waals surface area contributed by atoms with Gasteiger partial charge in [-0.3, -0.25) is 0 Å². The average molecular weight is 410 g/mol. The molecule has 0 aromatic heterocycles. The van der Waals surface area contributed by atoms with E-state index in [1.165, 1.54) is 17.5 Å². The van der Waals surface area contributed by atoms with Crippen LogP contribution < -0.4 is 4.74 Å². The lowest BCUT2D eigenvalue weighted by Gasteiger charge is -2.31. The van der Waals surface area contributed by atoms with E-state index in [9.17, 15) is 16.8 Å². The number of sulfone groups is 1. The fourth-order valence-electron chi connectivity index (χ4n) is 3.36. The van der Waals surface area contributed by atoms with Gasteiger partial charge in [-0.15, -0.1) is 0 Å². The Balaban J connectivity index is 1.77. The predicted octanol–water partition coefficient (Wildman–Crippen LogP) is 2.63. The zero-order valence-electron chi connectivity index (χ0n) is 15.3. The lowest BCUT2D eigenvalue weighted by Crippen LogP contribution is -2.42. The molecule has 0 amide bonds. The number of ether oxygens (including phenoxy) is 1. The van der Waals surface area contributed by atoms with Crippen LogP contribution in [0.3, 0.4) is 0 Å². The first-order valence-corrected chi connectivity index (χ1v) is 11.7. The molecule has 8 heteroatoms. The summed E-state index contributed by atoms with van der Waals surface area (Å²) in [5, 5.41) is -0.566. The largest absolute Gasteiger partial charge is 0.497 e. The van der Waals surface area contributed by atoms with Gasteiger partial charge in [0.15, 0.2) is 9.84 Å². The molecule has 0 spiro atoms. The Morgan fingerprint density at radius 2 is 1.59 bits per heavy atom. The minimum Gasteiger partial charge on any atom is -0.497 e. The van der Waals surface area contributed by atoms with Crippen LogP contribution >= 0.6 is 0 Å². The molecule has 0 saturated carbocycles. The third-order valence-corrected chi connectivity index (χ3v) is 9.25. The molecule has 1 fully saturated rings. The molecule has 0 radical (unpaired) electrons. The first-order valence-electron chi connectivity index (χ1n) is 8.70. The first-order chi connectivity index (χ1) is 12.8. The molecular weight excluding hydrogens is 386 g/mol. The Bertz CT molecular complexity index is 1010. The molecule has 1 aliphatic rings. The van der Waals surface area contributed by atoms with Crippen LogP contribution in [0, 0.1) is 6.92 Å². The monoisotopic (exact) mass is 409 g/mol. The van der Waals surface area contributed by atoms with Crippen LogP contribution in [0.15, 0.2) is 58.3 Å². The maximum absolute atomic E-state index is 13.0. The normalized spacial score (nSPS) is 17.0. The number of sulfonamides is 1. The van der Waals surface area contributed by atoms with E-state index in [2.05, 4.69) is 0 Å². The van der Waals surface area contributed by atoms with Crippen LogP contribution in [0.4, 0.5) is 0 Å². The standard InChI is InChI=1S/C19H23NO5S2/c1-15-14-16(25-2)8-9-19(15)27(23,24)20-12-10-18(11-13-20)26(21,22)17-6-4-3-5-7-17/h3-9,14,18H,10-13H2,1-2H3. The smallest absolute Gasteiger partial charge is 0.243 e. The molecule has 27 heavy (non-hydrogen) atoms. The molecule has 146 valence electrons. The topological polar surface area (TPSA) is 80.8 Å². The van der Waals surface area contributed by atoms with E-state index in [-0.39, 0.29) is 35.7 Å². The van der Waals surface area contributed by atoms with Crippen LogP contribution in [0.1, 0.15) is 18.4 Å². The van der Waals surface area contributed by atoms with Crippen LogP contribution in [-0.4, -0.2) is 46.6 Å². The Morgan fingerprint density at radius 1 is 0.963 bits per heavy atom. The Kier molecular flexibility index (Phi) is 5.60. The van der Waals surface area contributed by atoms with Crippen molar-refractivity contribution in [3.63, 3.8) is 0 Å². The molecule has 1 saturated heterocycles. The summed E-state index contributed by atoms with van der Waals surface area (Å²) in [7, 11) is -5.59. The molecular formula is C19H23NO5S2. The van der Waals surface area contributed by atoms with Crippen molar-refractivity contribution in [3.05, 3.63) is 54.1 Å². The van der Waals surface area contributed by atoms with Gasteiger partial charge in [0.25, 0.3) is 0 Å². The van der Waals surface area contributed by atoms with Crippen molar-refractivity contribution in [1.29, 1.82) is 0 Å². The van der Waals surface area contributed by atoms with Gasteiger partial charge in [0.1, 0.15) is 5.75 Å². The number of benzene rings is 2. The minimum absolute atomic E-state index is 0.185. The van der Waals surface area contributed by atoms with Gasteiger partial charge in [0, 0.05) is 13.1 Å². The van der Waals surface area contributed by atoms with E-state index < -0.39 is 25.1 Å². The van der Waals surface area contributed by atoms with Crippen molar-refractivity contribution >= 4 is 19.9 Å². The number of nitrogens with zero attached hydrogens (tertiary/aromatic N) is 1. The quantitative estimate of drug-likeness (QED) is 0.758. The summed E-state index contributed by atoms with van der Waals surface area (Å²) >= 11 is 0. The number of piperidine rings is 1. The van der Waals surface area contributed by atoms with Gasteiger partial charge in [-0.05, 0) is 55.7 Å². The summed E-state index contributed by atoms with van der Waals surface area (Å²) in [5.74, 6) is 0.596. The average Bonchev–Trinajstić information content (AvgIpc) is 2.68. The van der Waals surface area contributed by atoms with Gasteiger partial charge in [0.2, 0.25) is 10.0 Å². The highest BCUT2D eigenvalue weighted by Gasteiger charge is 2.36. The maximum atomic E-state index is 13.0. The Hall–Kier alpha value is -1.90. The third kappa shape index (κ3) is 3.88. The number of hydrogen-bond acceptors (Lipinski definition) is 5. The molecule has 2 aromatic carbocycles. The molecule has 0 aliphatic carbocycles. The zero-order chi connectivity index (χ0) is 19.7. The van der Waals surface area contributed by atoms with Gasteiger partial charge >= 0.3 is 0 Å². The summed E-state index contributed by atoms with van der Waals surface area (Å²) in [4.78, 5) is 0.518. The number of methoxy groups -OCH3 is 1. The predicted molar refractivity (Wildman–Crippen MR) is 103 cm³/mol. The molecule has 0 atom stereocenters. The van der Waals surface area contributed by atoms with Crippen molar-refractivity contribution in [1.82, 2.24) is 4.31 Å². The third-order valence-electron chi connectivity index (χ3n) is 4.91. The lowest BCUT2D eigenvalue weighted by atomic mass is 10.2. The molecule has 6 nitrogen and oxygen atoms in total. The molecule has 2 aromatic rings. The lowest BCUT2D eigenvalue weighted by molar-refractivity contribution is 0.345.